The number of nitrogens with one attached hydrogen (secondary N) is 3. The molecule has 3 fully saturated rings. The average Bonchev–Trinajstić information content (AvgIpc) is 3.16. The molecule has 1 aliphatic carbocycles. The molecule has 35 heavy (non-hydrogen) atoms. The highest BCUT2D eigenvalue weighted by Crippen LogP contribution is 2.64. The number of ketones is 1. The smallest absolute Gasteiger partial charge is 0.289 e. The fourth-order valence-electron chi connectivity index (χ4n) is 5.51. The van der Waals surface area contributed by atoms with Crippen LogP contribution in [0.15, 0.2) is 12.7 Å². The Labute approximate surface area is 206 Å². The zero-order valence-electron chi connectivity index (χ0n) is 20.7. The quantitative estimate of drug-likeness (QED) is 0.279. The standard InChI is InChI=1S/C25H38N4O6/c1-4-11-26-23(33)21(31)17-10-8-6-5-7-9-12-35-14-18(27-15-30)24(34)29-13-16-19(25(16,2)3)20(29)22(32)28-17/h4,15-20H,1,5-14H2,2-3H3,(H,26,33)(H,27,30)(H,28,32)/t16-,17+,18+,19-,20-/m0/s1. The minimum atomic E-state index is -0.967. The van der Waals surface area contributed by atoms with E-state index >= 15 is 0 Å². The highest BCUT2D eigenvalue weighted by atomic mass is 16.5. The summed E-state index contributed by atoms with van der Waals surface area (Å²) in [6.45, 7) is 8.71. The first-order valence-electron chi connectivity index (χ1n) is 12.5. The summed E-state index contributed by atoms with van der Waals surface area (Å²) < 4.78 is 5.67. The SMILES string of the molecule is C=CCNC(=O)C(=O)[C@H]1CCCCCCCOC[C@@H](NC=O)C(=O)N2C[C@H]3[C@@H]([C@H]2C(=O)N1)C3(C)C. The Balaban J connectivity index is 1.84. The zero-order valence-corrected chi connectivity index (χ0v) is 20.7. The molecule has 0 spiro atoms. The number of fused-ring (bicyclic) bond motifs is 3. The van der Waals surface area contributed by atoms with Crippen molar-refractivity contribution in [3.05, 3.63) is 12.7 Å². The van der Waals surface area contributed by atoms with Gasteiger partial charge in [-0.1, -0.05) is 45.6 Å². The van der Waals surface area contributed by atoms with Gasteiger partial charge in [0.05, 0.1) is 12.6 Å². The zero-order chi connectivity index (χ0) is 25.6. The Morgan fingerprint density at radius 1 is 1.20 bits per heavy atom. The molecule has 4 amide bonds. The average molecular weight is 491 g/mol. The molecule has 3 N–H and O–H groups in total. The van der Waals surface area contributed by atoms with E-state index in [4.69, 9.17) is 4.74 Å². The Bertz CT molecular complexity index is 844. The maximum absolute atomic E-state index is 13.5. The topological polar surface area (TPSA) is 134 Å². The molecule has 0 unspecified atom stereocenters. The van der Waals surface area contributed by atoms with Gasteiger partial charge in [-0.15, -0.1) is 6.58 Å². The van der Waals surface area contributed by atoms with E-state index in [1.165, 1.54) is 11.0 Å². The van der Waals surface area contributed by atoms with Crippen LogP contribution in [0.1, 0.15) is 52.4 Å². The van der Waals surface area contributed by atoms with Gasteiger partial charge in [-0.25, -0.2) is 0 Å². The molecule has 194 valence electrons. The van der Waals surface area contributed by atoms with Gasteiger partial charge in [0, 0.05) is 19.7 Å². The third-order valence-electron chi connectivity index (χ3n) is 7.66. The highest BCUT2D eigenvalue weighted by molar-refractivity contribution is 6.38. The van der Waals surface area contributed by atoms with Crippen LogP contribution in [-0.4, -0.2) is 79.2 Å². The second-order valence-electron chi connectivity index (χ2n) is 10.3. The number of nitrogens with zero attached hydrogens (tertiary/aromatic N) is 1. The molecular weight excluding hydrogens is 452 g/mol. The van der Waals surface area contributed by atoms with Crippen LogP contribution in [-0.2, 0) is 28.7 Å². The minimum absolute atomic E-state index is 0.0335. The van der Waals surface area contributed by atoms with E-state index in [2.05, 4.69) is 36.4 Å². The van der Waals surface area contributed by atoms with E-state index < -0.39 is 35.7 Å². The molecule has 3 rings (SSSR count). The largest absolute Gasteiger partial charge is 0.379 e. The van der Waals surface area contributed by atoms with Gasteiger partial charge >= 0.3 is 0 Å². The van der Waals surface area contributed by atoms with Gasteiger partial charge in [0.1, 0.15) is 12.1 Å². The lowest BCUT2D eigenvalue weighted by Gasteiger charge is -2.33. The van der Waals surface area contributed by atoms with Crippen molar-refractivity contribution in [1.29, 1.82) is 0 Å². The lowest BCUT2D eigenvalue weighted by Crippen LogP contribution is -2.58. The van der Waals surface area contributed by atoms with Gasteiger partial charge in [0.15, 0.2) is 0 Å². The molecule has 0 radical (unpaired) electrons. The van der Waals surface area contributed by atoms with E-state index in [-0.39, 0.29) is 36.3 Å². The number of carbonyl (C=O) groups excluding carboxylic acids is 5. The van der Waals surface area contributed by atoms with Crippen LogP contribution in [0.5, 0.6) is 0 Å². The molecule has 10 nitrogen and oxygen atoms in total. The number of rotatable bonds is 6. The number of ether oxygens (including phenoxy) is 1. The Morgan fingerprint density at radius 3 is 2.63 bits per heavy atom. The van der Waals surface area contributed by atoms with Gasteiger partial charge in [0.2, 0.25) is 24.0 Å². The van der Waals surface area contributed by atoms with Gasteiger partial charge in [-0.2, -0.15) is 0 Å². The Hall–Kier alpha value is -2.75. The van der Waals surface area contributed by atoms with Crippen LogP contribution in [0.2, 0.25) is 0 Å². The first-order valence-corrected chi connectivity index (χ1v) is 12.5. The predicted octanol–water partition coefficient (Wildman–Crippen LogP) is 0.311. The first kappa shape index (κ1) is 26.8. The normalized spacial score (nSPS) is 31.4. The maximum Gasteiger partial charge on any atom is 0.289 e. The number of carbonyl (C=O) groups is 5. The fraction of sp³-hybridized carbons (Fsp3) is 0.720. The maximum atomic E-state index is 13.5. The number of hydrogen-bond donors (Lipinski definition) is 3. The number of piperidine rings is 1. The molecule has 2 saturated heterocycles. The lowest BCUT2D eigenvalue weighted by atomic mass is 9.98. The van der Waals surface area contributed by atoms with Crippen molar-refractivity contribution in [2.75, 3.05) is 26.3 Å². The van der Waals surface area contributed by atoms with Crippen molar-refractivity contribution in [3.8, 4) is 0 Å². The monoisotopic (exact) mass is 490 g/mol. The summed E-state index contributed by atoms with van der Waals surface area (Å²) in [6.07, 6.45) is 6.48. The molecule has 3 aliphatic rings. The Morgan fingerprint density at radius 2 is 1.91 bits per heavy atom. The van der Waals surface area contributed by atoms with E-state index in [0.29, 0.717) is 32.4 Å². The van der Waals surface area contributed by atoms with E-state index in [1.54, 1.807) is 0 Å². The molecule has 2 heterocycles. The van der Waals surface area contributed by atoms with Gasteiger partial charge in [-0.05, 0) is 30.1 Å². The second-order valence-corrected chi connectivity index (χ2v) is 10.3. The van der Waals surface area contributed by atoms with Crippen LogP contribution in [0.4, 0.5) is 0 Å². The molecule has 10 heteroatoms. The molecule has 2 aliphatic heterocycles. The summed E-state index contributed by atoms with van der Waals surface area (Å²) in [5.41, 5.74) is -0.120. The van der Waals surface area contributed by atoms with Crippen molar-refractivity contribution < 1.29 is 28.7 Å². The van der Waals surface area contributed by atoms with Crippen molar-refractivity contribution in [3.63, 3.8) is 0 Å². The van der Waals surface area contributed by atoms with Crippen molar-refractivity contribution in [1.82, 2.24) is 20.9 Å². The summed E-state index contributed by atoms with van der Waals surface area (Å²) in [5.74, 6) is -2.19. The third kappa shape index (κ3) is 6.09. The van der Waals surface area contributed by atoms with E-state index in [0.717, 1.165) is 25.7 Å². The summed E-state index contributed by atoms with van der Waals surface area (Å²) in [5, 5.41) is 7.82. The minimum Gasteiger partial charge on any atom is -0.379 e. The van der Waals surface area contributed by atoms with Crippen molar-refractivity contribution in [2.45, 2.75) is 70.5 Å². The number of hydrogen-bond acceptors (Lipinski definition) is 6. The van der Waals surface area contributed by atoms with Crippen LogP contribution >= 0.6 is 0 Å². The first-order chi connectivity index (χ1) is 16.7. The second kappa shape index (κ2) is 11.8. The van der Waals surface area contributed by atoms with Gasteiger partial charge in [-0.3, -0.25) is 24.0 Å². The summed E-state index contributed by atoms with van der Waals surface area (Å²) in [7, 11) is 0. The molecule has 5 atom stereocenters. The van der Waals surface area contributed by atoms with Crippen LogP contribution in [0.3, 0.4) is 0 Å². The van der Waals surface area contributed by atoms with E-state index in [1.807, 2.05) is 0 Å². The van der Waals surface area contributed by atoms with Crippen LogP contribution in [0, 0.1) is 17.3 Å². The van der Waals surface area contributed by atoms with Crippen LogP contribution in [0.25, 0.3) is 0 Å². The lowest BCUT2D eigenvalue weighted by molar-refractivity contribution is -0.145. The molecule has 0 aromatic heterocycles. The number of Topliss-reactive ketones (excluding diaryl/α,β-unsaturated/α-hetero) is 1. The summed E-state index contributed by atoms with van der Waals surface area (Å²) in [4.78, 5) is 64.9. The number of amides is 4. The third-order valence-corrected chi connectivity index (χ3v) is 7.66. The van der Waals surface area contributed by atoms with Crippen molar-refractivity contribution in [2.24, 2.45) is 17.3 Å². The summed E-state index contributed by atoms with van der Waals surface area (Å²) >= 11 is 0. The molecule has 0 aromatic carbocycles. The molecule has 1 saturated carbocycles. The Kier molecular flexibility index (Phi) is 9.04. The summed E-state index contributed by atoms with van der Waals surface area (Å²) in [6, 6.07) is -2.64. The predicted molar refractivity (Wildman–Crippen MR) is 128 cm³/mol. The highest BCUT2D eigenvalue weighted by Gasteiger charge is 2.69. The van der Waals surface area contributed by atoms with Crippen LogP contribution < -0.4 is 16.0 Å². The van der Waals surface area contributed by atoms with Crippen molar-refractivity contribution >= 4 is 29.9 Å². The molecule has 0 bridgehead atoms. The molecular formula is C25H38N4O6. The van der Waals surface area contributed by atoms with Gasteiger partial charge < -0.3 is 25.6 Å². The van der Waals surface area contributed by atoms with Gasteiger partial charge in [0.25, 0.3) is 5.91 Å². The molecule has 0 aromatic rings. The van der Waals surface area contributed by atoms with E-state index in [9.17, 15) is 24.0 Å². The fourth-order valence-corrected chi connectivity index (χ4v) is 5.51.